The predicted molar refractivity (Wildman–Crippen MR) is 65.3 cm³/mol. The first-order valence-corrected chi connectivity index (χ1v) is 6.39. The van der Waals surface area contributed by atoms with Crippen molar-refractivity contribution in [3.8, 4) is 0 Å². The van der Waals surface area contributed by atoms with E-state index in [4.69, 9.17) is 10.5 Å². The first-order chi connectivity index (χ1) is 7.47. The predicted octanol–water partition coefficient (Wildman–Crippen LogP) is 2.42. The van der Waals surface area contributed by atoms with Crippen LogP contribution in [0.25, 0.3) is 0 Å². The molecular formula is C13H25NO2. The van der Waals surface area contributed by atoms with Gasteiger partial charge in [-0.15, -0.1) is 0 Å². The van der Waals surface area contributed by atoms with E-state index in [1.807, 2.05) is 13.8 Å². The van der Waals surface area contributed by atoms with Gasteiger partial charge >= 0.3 is 0 Å². The van der Waals surface area contributed by atoms with Crippen LogP contribution in [0.15, 0.2) is 0 Å². The van der Waals surface area contributed by atoms with Gasteiger partial charge in [-0.3, -0.25) is 4.79 Å². The van der Waals surface area contributed by atoms with Crippen molar-refractivity contribution in [2.75, 3.05) is 6.61 Å². The highest BCUT2D eigenvalue weighted by Crippen LogP contribution is 2.18. The average molecular weight is 227 g/mol. The van der Waals surface area contributed by atoms with E-state index in [2.05, 4.69) is 0 Å². The minimum atomic E-state index is -0.218. The van der Waals surface area contributed by atoms with Gasteiger partial charge in [-0.05, 0) is 46.0 Å². The molecule has 0 aromatic carbocycles. The first kappa shape index (κ1) is 13.7. The molecule has 3 nitrogen and oxygen atoms in total. The van der Waals surface area contributed by atoms with Crippen molar-refractivity contribution in [2.45, 2.75) is 70.4 Å². The normalized spacial score (nSPS) is 21.3. The summed E-state index contributed by atoms with van der Waals surface area (Å²) >= 11 is 0. The van der Waals surface area contributed by atoms with Gasteiger partial charge in [-0.1, -0.05) is 0 Å². The minimum absolute atomic E-state index is 0.218. The zero-order valence-electron chi connectivity index (χ0n) is 10.6. The van der Waals surface area contributed by atoms with Crippen LogP contribution >= 0.6 is 0 Å². The van der Waals surface area contributed by atoms with Gasteiger partial charge in [0.1, 0.15) is 5.78 Å². The van der Waals surface area contributed by atoms with Crippen LogP contribution in [0.1, 0.15) is 58.8 Å². The lowest BCUT2D eigenvalue weighted by Crippen LogP contribution is -2.32. The van der Waals surface area contributed by atoms with E-state index in [1.54, 1.807) is 0 Å². The van der Waals surface area contributed by atoms with Crippen LogP contribution in [0, 0.1) is 0 Å². The molecule has 0 radical (unpaired) electrons. The van der Waals surface area contributed by atoms with Crippen LogP contribution in [0.2, 0.25) is 0 Å². The van der Waals surface area contributed by atoms with Gasteiger partial charge < -0.3 is 10.5 Å². The van der Waals surface area contributed by atoms with Gasteiger partial charge in [0.2, 0.25) is 0 Å². The lowest BCUT2D eigenvalue weighted by Gasteiger charge is -2.17. The van der Waals surface area contributed by atoms with E-state index < -0.39 is 0 Å². The molecule has 3 heteroatoms. The molecule has 0 spiro atoms. The van der Waals surface area contributed by atoms with Gasteiger partial charge in [0.25, 0.3) is 0 Å². The van der Waals surface area contributed by atoms with E-state index in [1.165, 1.54) is 12.8 Å². The summed E-state index contributed by atoms with van der Waals surface area (Å²) in [6.45, 7) is 4.83. The molecule has 2 N–H and O–H groups in total. The summed E-state index contributed by atoms with van der Waals surface area (Å²) in [6, 6.07) is 0. The standard InChI is InChI=1S/C13H25NO2/c1-13(2,14)9-8-11(15)5-3-6-12-7-4-10-16-12/h12H,3-10,14H2,1-2H3. The molecule has 1 saturated heterocycles. The fourth-order valence-electron chi connectivity index (χ4n) is 1.99. The smallest absolute Gasteiger partial charge is 0.132 e. The summed E-state index contributed by atoms with van der Waals surface area (Å²) in [7, 11) is 0. The molecule has 0 saturated carbocycles. The number of ether oxygens (including phenoxy) is 1. The van der Waals surface area contributed by atoms with Crippen LogP contribution in [0.4, 0.5) is 0 Å². The Morgan fingerprint density at radius 3 is 2.75 bits per heavy atom. The molecule has 0 bridgehead atoms. The van der Waals surface area contributed by atoms with Gasteiger partial charge in [-0.2, -0.15) is 0 Å². The molecule has 0 aliphatic carbocycles. The molecule has 1 aliphatic rings. The molecule has 1 heterocycles. The van der Waals surface area contributed by atoms with E-state index in [0.29, 0.717) is 24.7 Å². The van der Waals surface area contributed by atoms with Crippen molar-refractivity contribution >= 4 is 5.78 Å². The van der Waals surface area contributed by atoms with Gasteiger partial charge in [0, 0.05) is 25.0 Å². The number of Topliss-reactive ketones (excluding diaryl/α,β-unsaturated/α-hetero) is 1. The fourth-order valence-corrected chi connectivity index (χ4v) is 1.99. The third-order valence-electron chi connectivity index (χ3n) is 3.05. The molecule has 0 amide bonds. The van der Waals surface area contributed by atoms with Gasteiger partial charge in [-0.25, -0.2) is 0 Å². The zero-order valence-corrected chi connectivity index (χ0v) is 10.6. The number of hydrogen-bond donors (Lipinski definition) is 1. The number of carbonyl (C=O) groups is 1. The maximum Gasteiger partial charge on any atom is 0.132 e. The van der Waals surface area contributed by atoms with Crippen LogP contribution in [-0.4, -0.2) is 24.0 Å². The number of carbonyl (C=O) groups excluding carboxylic acids is 1. The van der Waals surface area contributed by atoms with E-state index in [-0.39, 0.29) is 5.54 Å². The van der Waals surface area contributed by atoms with Crippen molar-refractivity contribution in [2.24, 2.45) is 5.73 Å². The summed E-state index contributed by atoms with van der Waals surface area (Å²) in [4.78, 5) is 11.6. The second kappa shape index (κ2) is 6.36. The second-order valence-electron chi connectivity index (χ2n) is 5.55. The number of nitrogens with two attached hydrogens (primary N) is 1. The van der Waals surface area contributed by atoms with Crippen molar-refractivity contribution < 1.29 is 9.53 Å². The second-order valence-corrected chi connectivity index (χ2v) is 5.55. The number of hydrogen-bond acceptors (Lipinski definition) is 3. The average Bonchev–Trinajstić information content (AvgIpc) is 2.66. The van der Waals surface area contributed by atoms with Crippen molar-refractivity contribution in [3.05, 3.63) is 0 Å². The molecule has 94 valence electrons. The van der Waals surface area contributed by atoms with Crippen LogP contribution in [-0.2, 0) is 9.53 Å². The molecule has 1 atom stereocenters. The Labute approximate surface area is 98.7 Å². The number of rotatable bonds is 7. The molecule has 0 aromatic rings. The van der Waals surface area contributed by atoms with Crippen molar-refractivity contribution in [1.29, 1.82) is 0 Å². The molecular weight excluding hydrogens is 202 g/mol. The lowest BCUT2D eigenvalue weighted by atomic mass is 9.96. The molecule has 16 heavy (non-hydrogen) atoms. The Hall–Kier alpha value is -0.410. The Bertz CT molecular complexity index is 214. The fraction of sp³-hybridized carbons (Fsp3) is 0.923. The van der Waals surface area contributed by atoms with Crippen molar-refractivity contribution in [3.63, 3.8) is 0 Å². The Morgan fingerprint density at radius 1 is 1.44 bits per heavy atom. The molecule has 0 aromatic heterocycles. The topological polar surface area (TPSA) is 52.3 Å². The molecule has 1 rings (SSSR count). The SMILES string of the molecule is CC(C)(N)CCC(=O)CCCC1CCCO1. The monoisotopic (exact) mass is 227 g/mol. The summed E-state index contributed by atoms with van der Waals surface area (Å²) in [6.07, 6.45) is 6.87. The summed E-state index contributed by atoms with van der Waals surface area (Å²) in [5, 5.41) is 0. The quantitative estimate of drug-likeness (QED) is 0.726. The Balaban J connectivity index is 2.01. The summed E-state index contributed by atoms with van der Waals surface area (Å²) in [5.41, 5.74) is 5.62. The summed E-state index contributed by atoms with van der Waals surface area (Å²) in [5.74, 6) is 0.344. The minimum Gasteiger partial charge on any atom is -0.378 e. The van der Waals surface area contributed by atoms with E-state index >= 15 is 0 Å². The molecule has 1 aliphatic heterocycles. The Kier molecular flexibility index (Phi) is 5.42. The van der Waals surface area contributed by atoms with Crippen molar-refractivity contribution in [1.82, 2.24) is 0 Å². The maximum atomic E-state index is 11.6. The zero-order chi connectivity index (χ0) is 12.0. The van der Waals surface area contributed by atoms with Crippen LogP contribution in [0.5, 0.6) is 0 Å². The highest BCUT2D eigenvalue weighted by molar-refractivity contribution is 5.78. The Morgan fingerprint density at radius 2 is 2.19 bits per heavy atom. The maximum absolute atomic E-state index is 11.6. The highest BCUT2D eigenvalue weighted by atomic mass is 16.5. The highest BCUT2D eigenvalue weighted by Gasteiger charge is 2.16. The van der Waals surface area contributed by atoms with Crippen LogP contribution < -0.4 is 5.73 Å². The first-order valence-electron chi connectivity index (χ1n) is 6.39. The number of ketones is 1. The lowest BCUT2D eigenvalue weighted by molar-refractivity contribution is -0.119. The van der Waals surface area contributed by atoms with E-state index in [9.17, 15) is 4.79 Å². The van der Waals surface area contributed by atoms with E-state index in [0.717, 1.165) is 25.9 Å². The largest absolute Gasteiger partial charge is 0.378 e. The third kappa shape index (κ3) is 6.23. The molecule has 1 unspecified atom stereocenters. The summed E-state index contributed by atoms with van der Waals surface area (Å²) < 4.78 is 5.52. The van der Waals surface area contributed by atoms with Gasteiger partial charge in [0.15, 0.2) is 0 Å². The van der Waals surface area contributed by atoms with Gasteiger partial charge in [0.05, 0.1) is 6.10 Å². The third-order valence-corrected chi connectivity index (χ3v) is 3.05. The molecule has 1 fully saturated rings. The van der Waals surface area contributed by atoms with Crippen LogP contribution in [0.3, 0.4) is 0 Å².